The number of benzene rings is 1. The molecule has 1 aromatic carbocycles. The molecule has 0 atom stereocenters. The van der Waals surface area contributed by atoms with Crippen molar-refractivity contribution in [1.29, 1.82) is 0 Å². The van der Waals surface area contributed by atoms with Crippen molar-refractivity contribution in [3.05, 3.63) is 46.7 Å². The molecule has 0 spiro atoms. The second-order valence-electron chi connectivity index (χ2n) is 5.55. The number of rotatable bonds is 7. The maximum Gasteiger partial charge on any atom is 0.416 e. The highest BCUT2D eigenvalue weighted by Crippen LogP contribution is 2.34. The third-order valence-corrected chi connectivity index (χ3v) is 3.82. The van der Waals surface area contributed by atoms with Gasteiger partial charge < -0.3 is 10.6 Å². The molecule has 5 nitrogen and oxygen atoms in total. The van der Waals surface area contributed by atoms with Gasteiger partial charge in [0.05, 0.1) is 16.3 Å². The molecular formula is C17H18ClF3N4O. The number of nitrogens with one attached hydrogen (secondary N) is 2. The van der Waals surface area contributed by atoms with Crippen LogP contribution in [0.4, 0.5) is 24.8 Å². The van der Waals surface area contributed by atoms with Crippen molar-refractivity contribution >= 4 is 29.1 Å². The molecule has 0 radical (unpaired) electrons. The Bertz CT molecular complexity index is 768. The van der Waals surface area contributed by atoms with Gasteiger partial charge in [-0.2, -0.15) is 13.2 Å². The maximum absolute atomic E-state index is 12.8. The number of halogens is 4. The predicted molar refractivity (Wildman–Crippen MR) is 93.6 cm³/mol. The largest absolute Gasteiger partial charge is 0.416 e. The number of carbonyl (C=O) groups is 1. The minimum Gasteiger partial charge on any atom is -0.351 e. The Hall–Kier alpha value is -2.35. The maximum atomic E-state index is 12.8. The van der Waals surface area contributed by atoms with Crippen LogP contribution in [0.5, 0.6) is 0 Å². The Balaban J connectivity index is 2.12. The highest BCUT2D eigenvalue weighted by molar-refractivity contribution is 6.33. The molecule has 0 saturated heterocycles. The minimum absolute atomic E-state index is 0.00185. The Morgan fingerprint density at radius 3 is 2.69 bits per heavy atom. The molecule has 0 aliphatic heterocycles. The van der Waals surface area contributed by atoms with Crippen LogP contribution in [0.25, 0.3) is 0 Å². The number of anilines is 2. The van der Waals surface area contributed by atoms with E-state index < -0.39 is 11.7 Å². The van der Waals surface area contributed by atoms with Gasteiger partial charge in [0.1, 0.15) is 5.69 Å². The number of hydrogen-bond acceptors (Lipinski definition) is 4. The van der Waals surface area contributed by atoms with Gasteiger partial charge in [-0.1, -0.05) is 31.4 Å². The summed E-state index contributed by atoms with van der Waals surface area (Å²) < 4.78 is 38.5. The van der Waals surface area contributed by atoms with Crippen molar-refractivity contribution < 1.29 is 18.0 Å². The van der Waals surface area contributed by atoms with E-state index in [9.17, 15) is 18.0 Å². The number of amides is 1. The van der Waals surface area contributed by atoms with E-state index in [1.165, 1.54) is 12.3 Å². The summed E-state index contributed by atoms with van der Waals surface area (Å²) in [5.74, 6) is -0.394. The lowest BCUT2D eigenvalue weighted by atomic mass is 10.2. The van der Waals surface area contributed by atoms with Gasteiger partial charge in [-0.25, -0.2) is 9.97 Å². The topological polar surface area (TPSA) is 66.9 Å². The normalized spacial score (nSPS) is 11.3. The predicted octanol–water partition coefficient (Wildman–Crippen LogP) is 4.81. The standard InChI is InChI=1S/C17H18ClF3N4O/c1-2-3-4-8-22-15(26)13-7-9-23-16(24-13)25-14-10-11(17(19,20)21)5-6-12(14)18/h5-7,9-10H,2-4,8H2,1H3,(H,22,26)(H,23,24,25). The summed E-state index contributed by atoms with van der Waals surface area (Å²) in [6.07, 6.45) is -0.252. The second-order valence-corrected chi connectivity index (χ2v) is 5.95. The Kier molecular flexibility index (Phi) is 6.79. The minimum atomic E-state index is -4.50. The van der Waals surface area contributed by atoms with Crippen LogP contribution in [0.2, 0.25) is 5.02 Å². The second kappa shape index (κ2) is 8.84. The van der Waals surface area contributed by atoms with Crippen molar-refractivity contribution in [2.75, 3.05) is 11.9 Å². The first-order valence-corrected chi connectivity index (χ1v) is 8.44. The van der Waals surface area contributed by atoms with Crippen molar-refractivity contribution in [3.8, 4) is 0 Å². The van der Waals surface area contributed by atoms with Crippen LogP contribution in [0.3, 0.4) is 0 Å². The lowest BCUT2D eigenvalue weighted by Gasteiger charge is -2.12. The van der Waals surface area contributed by atoms with Gasteiger partial charge in [0.15, 0.2) is 0 Å². The summed E-state index contributed by atoms with van der Waals surface area (Å²) in [5, 5.41) is 5.44. The highest BCUT2D eigenvalue weighted by Gasteiger charge is 2.31. The molecule has 0 bridgehead atoms. The van der Waals surface area contributed by atoms with Crippen LogP contribution in [0.15, 0.2) is 30.5 Å². The van der Waals surface area contributed by atoms with Crippen LogP contribution in [0, 0.1) is 0 Å². The molecule has 9 heteroatoms. The van der Waals surface area contributed by atoms with Gasteiger partial charge in [0, 0.05) is 12.7 Å². The first-order chi connectivity index (χ1) is 12.3. The number of unbranched alkanes of at least 4 members (excludes halogenated alkanes) is 2. The monoisotopic (exact) mass is 386 g/mol. The SMILES string of the molecule is CCCCCNC(=O)c1ccnc(Nc2cc(C(F)(F)F)ccc2Cl)n1. The summed E-state index contributed by atoms with van der Waals surface area (Å²) in [6.45, 7) is 2.59. The van der Waals surface area contributed by atoms with E-state index in [1.807, 2.05) is 0 Å². The van der Waals surface area contributed by atoms with Crippen LogP contribution < -0.4 is 10.6 Å². The van der Waals surface area contributed by atoms with Crippen LogP contribution >= 0.6 is 11.6 Å². The summed E-state index contributed by atoms with van der Waals surface area (Å²) in [7, 11) is 0. The van der Waals surface area contributed by atoms with Crippen LogP contribution in [-0.4, -0.2) is 22.4 Å². The zero-order valence-electron chi connectivity index (χ0n) is 14.0. The molecule has 1 amide bonds. The van der Waals surface area contributed by atoms with Gasteiger partial charge in [0.2, 0.25) is 5.95 Å². The fourth-order valence-corrected chi connectivity index (χ4v) is 2.30. The Labute approximate surface area is 154 Å². The molecule has 0 saturated carbocycles. The van der Waals surface area contributed by atoms with Crippen molar-refractivity contribution in [3.63, 3.8) is 0 Å². The van der Waals surface area contributed by atoms with E-state index in [2.05, 4.69) is 27.5 Å². The van der Waals surface area contributed by atoms with Crippen molar-refractivity contribution in [2.24, 2.45) is 0 Å². The first kappa shape index (κ1) is 20.0. The smallest absolute Gasteiger partial charge is 0.351 e. The van der Waals surface area contributed by atoms with Gasteiger partial charge >= 0.3 is 6.18 Å². The van der Waals surface area contributed by atoms with E-state index in [-0.39, 0.29) is 28.3 Å². The molecule has 0 fully saturated rings. The molecule has 140 valence electrons. The number of alkyl halides is 3. The Morgan fingerprint density at radius 2 is 2.00 bits per heavy atom. The summed E-state index contributed by atoms with van der Waals surface area (Å²) >= 11 is 5.93. The van der Waals surface area contributed by atoms with E-state index in [1.54, 1.807) is 0 Å². The average molecular weight is 387 g/mol. The third kappa shape index (κ3) is 5.59. The number of hydrogen-bond donors (Lipinski definition) is 2. The van der Waals surface area contributed by atoms with E-state index in [0.29, 0.717) is 6.54 Å². The summed E-state index contributed by atoms with van der Waals surface area (Å²) in [6, 6.07) is 4.31. The zero-order valence-corrected chi connectivity index (χ0v) is 14.8. The van der Waals surface area contributed by atoms with Crippen molar-refractivity contribution in [1.82, 2.24) is 15.3 Å². The molecule has 26 heavy (non-hydrogen) atoms. The average Bonchev–Trinajstić information content (AvgIpc) is 2.60. The fourth-order valence-electron chi connectivity index (χ4n) is 2.13. The van der Waals surface area contributed by atoms with E-state index in [4.69, 9.17) is 11.6 Å². The zero-order chi connectivity index (χ0) is 19.2. The van der Waals surface area contributed by atoms with Gasteiger partial charge in [-0.3, -0.25) is 4.79 Å². The molecule has 2 aromatic rings. The number of nitrogens with zero attached hydrogens (tertiary/aromatic N) is 2. The van der Waals surface area contributed by atoms with Crippen LogP contribution in [-0.2, 0) is 6.18 Å². The van der Waals surface area contributed by atoms with E-state index >= 15 is 0 Å². The molecule has 0 aliphatic rings. The van der Waals surface area contributed by atoms with Crippen LogP contribution in [0.1, 0.15) is 42.2 Å². The van der Waals surface area contributed by atoms with Crippen molar-refractivity contribution in [2.45, 2.75) is 32.4 Å². The molecule has 1 heterocycles. The Morgan fingerprint density at radius 1 is 1.23 bits per heavy atom. The fraction of sp³-hybridized carbons (Fsp3) is 0.353. The lowest BCUT2D eigenvalue weighted by Crippen LogP contribution is -2.25. The molecule has 0 aliphatic carbocycles. The molecule has 2 rings (SSSR count). The number of carbonyl (C=O) groups excluding carboxylic acids is 1. The molecule has 1 aromatic heterocycles. The summed E-state index contributed by atoms with van der Waals surface area (Å²) in [4.78, 5) is 20.0. The lowest BCUT2D eigenvalue weighted by molar-refractivity contribution is -0.137. The third-order valence-electron chi connectivity index (χ3n) is 3.49. The highest BCUT2D eigenvalue weighted by atomic mass is 35.5. The quantitative estimate of drug-likeness (QED) is 0.670. The molecular weight excluding hydrogens is 369 g/mol. The van der Waals surface area contributed by atoms with E-state index in [0.717, 1.165) is 37.5 Å². The van der Waals surface area contributed by atoms with Gasteiger partial charge in [-0.05, 0) is 30.7 Å². The first-order valence-electron chi connectivity index (χ1n) is 8.06. The summed E-state index contributed by atoms with van der Waals surface area (Å²) in [5.41, 5.74) is -0.738. The molecule has 2 N–H and O–H groups in total. The molecule has 0 unspecified atom stereocenters. The van der Waals surface area contributed by atoms with Gasteiger partial charge in [-0.15, -0.1) is 0 Å². The van der Waals surface area contributed by atoms with Gasteiger partial charge in [0.25, 0.3) is 5.91 Å². The number of aromatic nitrogens is 2.